The van der Waals surface area contributed by atoms with E-state index in [1.54, 1.807) is 6.07 Å². The molecule has 0 aliphatic heterocycles. The molecule has 4 nitrogen and oxygen atoms in total. The third-order valence-electron chi connectivity index (χ3n) is 1.80. The number of rotatable bonds is 2. The van der Waals surface area contributed by atoms with Crippen LogP contribution < -0.4 is 10.1 Å². The molecule has 1 rings (SSSR count). The number of nitrogens with one attached hydrogen (secondary N) is 1. The van der Waals surface area contributed by atoms with E-state index in [0.717, 1.165) is 0 Å². The van der Waals surface area contributed by atoms with Crippen LogP contribution in [-0.4, -0.2) is 23.7 Å². The van der Waals surface area contributed by atoms with Gasteiger partial charge in [-0.2, -0.15) is 0 Å². The lowest BCUT2D eigenvalue weighted by molar-refractivity contribution is 0.0959. The van der Waals surface area contributed by atoms with E-state index in [1.165, 1.54) is 19.2 Å². The lowest BCUT2D eigenvalue weighted by Crippen LogP contribution is -2.23. The van der Waals surface area contributed by atoms with E-state index in [1.807, 2.05) is 20.8 Å². The fraction of sp³-hybridized carbons (Fsp3) is 0.417. The van der Waals surface area contributed by atoms with Gasteiger partial charge in [-0.05, 0) is 32.9 Å². The van der Waals surface area contributed by atoms with Crippen LogP contribution in [0.15, 0.2) is 18.2 Å². The standard InChI is InChI=1S/C12H17NO3/c1-12(2,3)16-10-6-8(11(15)13-4)5-9(14)7-10/h5-7,14H,1-4H3,(H,13,15). The molecule has 0 saturated heterocycles. The van der Waals surface area contributed by atoms with Gasteiger partial charge in [-0.25, -0.2) is 0 Å². The van der Waals surface area contributed by atoms with Gasteiger partial charge in [0.1, 0.15) is 17.1 Å². The zero-order chi connectivity index (χ0) is 12.3. The summed E-state index contributed by atoms with van der Waals surface area (Å²) in [4.78, 5) is 11.4. The summed E-state index contributed by atoms with van der Waals surface area (Å²) in [6, 6.07) is 4.48. The van der Waals surface area contributed by atoms with E-state index in [9.17, 15) is 9.90 Å². The van der Waals surface area contributed by atoms with Crippen LogP contribution >= 0.6 is 0 Å². The highest BCUT2D eigenvalue weighted by Gasteiger charge is 2.14. The summed E-state index contributed by atoms with van der Waals surface area (Å²) in [6.45, 7) is 5.70. The molecular formula is C12H17NO3. The molecule has 1 aromatic carbocycles. The zero-order valence-electron chi connectivity index (χ0n) is 10.00. The molecule has 2 N–H and O–H groups in total. The van der Waals surface area contributed by atoms with Crippen LogP contribution in [-0.2, 0) is 0 Å². The Kier molecular flexibility index (Phi) is 3.42. The monoisotopic (exact) mass is 223 g/mol. The Morgan fingerprint density at radius 1 is 1.31 bits per heavy atom. The van der Waals surface area contributed by atoms with E-state index in [4.69, 9.17) is 4.74 Å². The van der Waals surface area contributed by atoms with Gasteiger partial charge in [0.05, 0.1) is 0 Å². The SMILES string of the molecule is CNC(=O)c1cc(O)cc(OC(C)(C)C)c1. The number of amides is 1. The summed E-state index contributed by atoms with van der Waals surface area (Å²) in [5.74, 6) is 0.237. The number of carbonyl (C=O) groups is 1. The summed E-state index contributed by atoms with van der Waals surface area (Å²) in [5, 5.41) is 12.0. The van der Waals surface area contributed by atoms with Gasteiger partial charge in [-0.1, -0.05) is 0 Å². The maximum Gasteiger partial charge on any atom is 0.251 e. The topological polar surface area (TPSA) is 58.6 Å². The van der Waals surface area contributed by atoms with Crippen LogP contribution in [0.2, 0.25) is 0 Å². The Balaban J connectivity index is 3.03. The van der Waals surface area contributed by atoms with Crippen LogP contribution in [0.4, 0.5) is 0 Å². The molecule has 0 atom stereocenters. The quantitative estimate of drug-likeness (QED) is 0.805. The molecule has 0 aliphatic carbocycles. The number of aromatic hydroxyl groups is 1. The molecule has 0 aliphatic rings. The first kappa shape index (κ1) is 12.4. The van der Waals surface area contributed by atoms with Gasteiger partial charge in [0.2, 0.25) is 0 Å². The molecule has 0 fully saturated rings. The van der Waals surface area contributed by atoms with E-state index in [0.29, 0.717) is 11.3 Å². The molecule has 1 amide bonds. The first-order chi connectivity index (χ1) is 7.31. The minimum absolute atomic E-state index is 0.0142. The Bertz CT molecular complexity index is 394. The number of phenolic OH excluding ortho intramolecular Hbond substituents is 1. The number of ether oxygens (including phenoxy) is 1. The third-order valence-corrected chi connectivity index (χ3v) is 1.80. The van der Waals surface area contributed by atoms with Crippen molar-refractivity contribution in [3.63, 3.8) is 0 Å². The summed E-state index contributed by atoms with van der Waals surface area (Å²) < 4.78 is 5.58. The van der Waals surface area contributed by atoms with Crippen LogP contribution in [0.5, 0.6) is 11.5 Å². The second-order valence-corrected chi connectivity index (χ2v) is 4.51. The molecule has 0 aromatic heterocycles. The van der Waals surface area contributed by atoms with Crippen molar-refractivity contribution in [2.45, 2.75) is 26.4 Å². The summed E-state index contributed by atoms with van der Waals surface area (Å²) in [7, 11) is 1.54. The first-order valence-corrected chi connectivity index (χ1v) is 5.07. The molecule has 0 unspecified atom stereocenters. The lowest BCUT2D eigenvalue weighted by atomic mass is 10.1. The van der Waals surface area contributed by atoms with Crippen molar-refractivity contribution in [2.24, 2.45) is 0 Å². The molecule has 0 heterocycles. The van der Waals surface area contributed by atoms with Crippen molar-refractivity contribution in [3.05, 3.63) is 23.8 Å². The van der Waals surface area contributed by atoms with Crippen molar-refractivity contribution in [1.82, 2.24) is 5.32 Å². The van der Waals surface area contributed by atoms with Crippen LogP contribution in [0.3, 0.4) is 0 Å². The van der Waals surface area contributed by atoms with Crippen LogP contribution in [0.25, 0.3) is 0 Å². The van der Waals surface area contributed by atoms with Gasteiger partial charge in [0, 0.05) is 18.7 Å². The lowest BCUT2D eigenvalue weighted by Gasteiger charge is -2.21. The van der Waals surface area contributed by atoms with Gasteiger partial charge >= 0.3 is 0 Å². The maximum absolute atomic E-state index is 11.4. The molecule has 88 valence electrons. The molecule has 0 bridgehead atoms. The van der Waals surface area contributed by atoms with E-state index in [-0.39, 0.29) is 17.3 Å². The third kappa shape index (κ3) is 3.46. The number of phenols is 1. The summed E-state index contributed by atoms with van der Waals surface area (Å²) in [6.07, 6.45) is 0. The minimum atomic E-state index is -0.367. The second-order valence-electron chi connectivity index (χ2n) is 4.51. The smallest absolute Gasteiger partial charge is 0.251 e. The molecule has 0 spiro atoms. The predicted molar refractivity (Wildman–Crippen MR) is 61.9 cm³/mol. The number of carbonyl (C=O) groups excluding carboxylic acids is 1. The van der Waals surface area contributed by atoms with Crippen molar-refractivity contribution in [3.8, 4) is 11.5 Å². The van der Waals surface area contributed by atoms with Gasteiger partial charge in [-0.15, -0.1) is 0 Å². The average Bonchev–Trinajstić information content (AvgIpc) is 2.12. The fourth-order valence-corrected chi connectivity index (χ4v) is 1.27. The van der Waals surface area contributed by atoms with Gasteiger partial charge < -0.3 is 15.2 Å². The van der Waals surface area contributed by atoms with E-state index < -0.39 is 0 Å². The van der Waals surface area contributed by atoms with Crippen molar-refractivity contribution >= 4 is 5.91 Å². The first-order valence-electron chi connectivity index (χ1n) is 5.07. The highest BCUT2D eigenvalue weighted by molar-refractivity contribution is 5.94. The Morgan fingerprint density at radius 2 is 1.94 bits per heavy atom. The van der Waals surface area contributed by atoms with Crippen molar-refractivity contribution < 1.29 is 14.6 Å². The number of hydrogen-bond acceptors (Lipinski definition) is 3. The molecule has 0 radical (unpaired) electrons. The summed E-state index contributed by atoms with van der Waals surface area (Å²) in [5.41, 5.74) is 0.00931. The van der Waals surface area contributed by atoms with Gasteiger partial charge in [-0.3, -0.25) is 4.79 Å². The number of benzene rings is 1. The van der Waals surface area contributed by atoms with Crippen molar-refractivity contribution in [2.75, 3.05) is 7.05 Å². The highest BCUT2D eigenvalue weighted by Crippen LogP contribution is 2.25. The average molecular weight is 223 g/mol. The zero-order valence-corrected chi connectivity index (χ0v) is 10.00. The Morgan fingerprint density at radius 3 is 2.44 bits per heavy atom. The largest absolute Gasteiger partial charge is 0.508 e. The molecular weight excluding hydrogens is 206 g/mol. The Hall–Kier alpha value is -1.71. The van der Waals surface area contributed by atoms with Crippen LogP contribution in [0.1, 0.15) is 31.1 Å². The fourth-order valence-electron chi connectivity index (χ4n) is 1.27. The minimum Gasteiger partial charge on any atom is -0.508 e. The predicted octanol–water partition coefficient (Wildman–Crippen LogP) is 1.93. The molecule has 4 heteroatoms. The molecule has 1 aromatic rings. The highest BCUT2D eigenvalue weighted by atomic mass is 16.5. The maximum atomic E-state index is 11.4. The second kappa shape index (κ2) is 4.43. The van der Waals surface area contributed by atoms with E-state index in [2.05, 4.69) is 5.32 Å². The number of hydrogen-bond donors (Lipinski definition) is 2. The van der Waals surface area contributed by atoms with E-state index >= 15 is 0 Å². The Labute approximate surface area is 95.2 Å². The van der Waals surface area contributed by atoms with Crippen molar-refractivity contribution in [1.29, 1.82) is 0 Å². The van der Waals surface area contributed by atoms with Crippen LogP contribution in [0, 0.1) is 0 Å². The molecule has 0 saturated carbocycles. The van der Waals surface area contributed by atoms with Gasteiger partial charge in [0.15, 0.2) is 0 Å². The summed E-state index contributed by atoms with van der Waals surface area (Å²) >= 11 is 0. The normalized spacial score (nSPS) is 11.0. The molecule has 16 heavy (non-hydrogen) atoms. The van der Waals surface area contributed by atoms with Gasteiger partial charge in [0.25, 0.3) is 5.91 Å².